The first kappa shape index (κ1) is 18.9. The number of morpholine rings is 1. The van der Waals surface area contributed by atoms with E-state index in [9.17, 15) is 4.79 Å². The number of nitrogens with zero attached hydrogens (tertiary/aromatic N) is 6. The molecule has 150 valence electrons. The molecule has 2 aliphatic rings. The zero-order valence-electron chi connectivity index (χ0n) is 16.5. The molecule has 2 saturated heterocycles. The molecule has 0 unspecified atom stereocenters. The highest BCUT2D eigenvalue weighted by Crippen LogP contribution is 2.23. The van der Waals surface area contributed by atoms with Crippen LogP contribution in [0.25, 0.3) is 0 Å². The van der Waals surface area contributed by atoms with Crippen LogP contribution in [0.1, 0.15) is 35.4 Å². The monoisotopic (exact) mass is 384 g/mol. The molecule has 0 bridgehead atoms. The third-order valence-corrected chi connectivity index (χ3v) is 5.78. The Morgan fingerprint density at radius 3 is 2.46 bits per heavy atom. The summed E-state index contributed by atoms with van der Waals surface area (Å²) in [5.74, 6) is 2.43. The number of carbonyl (C=O) groups is 1. The van der Waals surface area contributed by atoms with Gasteiger partial charge in [0, 0.05) is 57.5 Å². The highest BCUT2D eigenvalue weighted by atomic mass is 16.5. The van der Waals surface area contributed by atoms with Crippen molar-refractivity contribution in [3.63, 3.8) is 0 Å². The fraction of sp³-hybridized carbons (Fsp3) is 0.600. The largest absolute Gasteiger partial charge is 0.378 e. The van der Waals surface area contributed by atoms with Crippen molar-refractivity contribution in [2.75, 3.05) is 44.3 Å². The number of rotatable bonds is 5. The molecule has 1 amide bonds. The number of aromatic nitrogens is 4. The van der Waals surface area contributed by atoms with Crippen LogP contribution in [0.5, 0.6) is 0 Å². The van der Waals surface area contributed by atoms with Crippen LogP contribution in [0.4, 0.5) is 5.95 Å². The van der Waals surface area contributed by atoms with Crippen LogP contribution in [0.3, 0.4) is 0 Å². The molecule has 8 nitrogen and oxygen atoms in total. The molecule has 0 N–H and O–H groups in total. The number of hydrogen-bond donors (Lipinski definition) is 0. The summed E-state index contributed by atoms with van der Waals surface area (Å²) in [5.41, 5.74) is 0.574. The number of imidazole rings is 1. The lowest BCUT2D eigenvalue weighted by Crippen LogP contribution is -2.39. The summed E-state index contributed by atoms with van der Waals surface area (Å²) in [6.45, 7) is 7.61. The van der Waals surface area contributed by atoms with E-state index >= 15 is 0 Å². The topological polar surface area (TPSA) is 76.4 Å². The predicted octanol–water partition coefficient (Wildman–Crippen LogP) is 1.76. The first-order valence-corrected chi connectivity index (χ1v) is 10.1. The van der Waals surface area contributed by atoms with Crippen LogP contribution in [0, 0.1) is 12.8 Å². The normalized spacial score (nSPS) is 18.5. The zero-order chi connectivity index (χ0) is 19.3. The van der Waals surface area contributed by atoms with Gasteiger partial charge in [-0.25, -0.2) is 15.0 Å². The minimum atomic E-state index is 0.0393. The van der Waals surface area contributed by atoms with Crippen LogP contribution in [-0.2, 0) is 11.3 Å². The second kappa shape index (κ2) is 8.68. The van der Waals surface area contributed by atoms with Crippen molar-refractivity contribution in [1.82, 2.24) is 24.4 Å². The van der Waals surface area contributed by atoms with Crippen LogP contribution >= 0.6 is 0 Å². The van der Waals surface area contributed by atoms with E-state index in [1.165, 1.54) is 0 Å². The average molecular weight is 384 g/mol. The minimum absolute atomic E-state index is 0.0393. The Hall–Kier alpha value is -2.48. The van der Waals surface area contributed by atoms with E-state index in [-0.39, 0.29) is 5.91 Å². The molecular formula is C20H28N6O2. The molecule has 4 heterocycles. The summed E-state index contributed by atoms with van der Waals surface area (Å²) < 4.78 is 7.55. The standard InChI is InChI=1S/C20H28N6O2/c1-16-21-5-9-24(16)6-2-17-3-7-25(8-4-17)19(27)18-14-22-20(23-15-18)26-10-12-28-13-11-26/h5,9,14-15,17H,2-4,6-8,10-13H2,1H3. The Balaban J connectivity index is 1.27. The Morgan fingerprint density at radius 2 is 1.82 bits per heavy atom. The van der Waals surface area contributed by atoms with Gasteiger partial charge in [-0.1, -0.05) is 0 Å². The number of likely N-dealkylation sites (tertiary alicyclic amines) is 1. The second-order valence-electron chi connectivity index (χ2n) is 7.56. The Morgan fingerprint density at radius 1 is 1.11 bits per heavy atom. The second-order valence-corrected chi connectivity index (χ2v) is 7.56. The molecule has 28 heavy (non-hydrogen) atoms. The summed E-state index contributed by atoms with van der Waals surface area (Å²) in [4.78, 5) is 29.9. The van der Waals surface area contributed by atoms with Gasteiger partial charge in [0.2, 0.25) is 5.95 Å². The molecular weight excluding hydrogens is 356 g/mol. The molecule has 2 aliphatic heterocycles. The summed E-state index contributed by atoms with van der Waals surface area (Å²) >= 11 is 0. The van der Waals surface area contributed by atoms with Crippen LogP contribution in [0.15, 0.2) is 24.8 Å². The van der Waals surface area contributed by atoms with E-state index in [0.29, 0.717) is 30.6 Å². The Kier molecular flexibility index (Phi) is 5.85. The Labute approximate surface area is 165 Å². The van der Waals surface area contributed by atoms with Gasteiger partial charge in [0.05, 0.1) is 18.8 Å². The van der Waals surface area contributed by atoms with Gasteiger partial charge in [-0.2, -0.15) is 0 Å². The highest BCUT2D eigenvalue weighted by Gasteiger charge is 2.24. The number of ether oxygens (including phenoxy) is 1. The fourth-order valence-corrected chi connectivity index (χ4v) is 3.93. The lowest BCUT2D eigenvalue weighted by molar-refractivity contribution is 0.0684. The maximum atomic E-state index is 12.8. The van der Waals surface area contributed by atoms with E-state index in [0.717, 1.165) is 57.8 Å². The highest BCUT2D eigenvalue weighted by molar-refractivity contribution is 5.93. The molecule has 2 fully saturated rings. The molecule has 0 aromatic carbocycles. The molecule has 2 aromatic heterocycles. The van der Waals surface area contributed by atoms with Crippen molar-refractivity contribution in [3.05, 3.63) is 36.2 Å². The zero-order valence-corrected chi connectivity index (χ0v) is 16.5. The minimum Gasteiger partial charge on any atom is -0.378 e. The van der Waals surface area contributed by atoms with Gasteiger partial charge in [-0.05, 0) is 32.1 Å². The lowest BCUT2D eigenvalue weighted by atomic mass is 9.93. The summed E-state index contributed by atoms with van der Waals surface area (Å²) in [6, 6.07) is 0. The number of carbonyl (C=O) groups excluding carboxylic acids is 1. The molecule has 8 heteroatoms. The van der Waals surface area contributed by atoms with Crippen LogP contribution in [-0.4, -0.2) is 69.7 Å². The molecule has 4 rings (SSSR count). The molecule has 0 aliphatic carbocycles. The molecule has 2 aromatic rings. The van der Waals surface area contributed by atoms with Crippen molar-refractivity contribution >= 4 is 11.9 Å². The quantitative estimate of drug-likeness (QED) is 0.782. The van der Waals surface area contributed by atoms with Gasteiger partial charge in [-0.3, -0.25) is 4.79 Å². The van der Waals surface area contributed by atoms with E-state index in [1.807, 2.05) is 24.2 Å². The van der Waals surface area contributed by atoms with Gasteiger partial charge in [-0.15, -0.1) is 0 Å². The van der Waals surface area contributed by atoms with Crippen LogP contribution in [0.2, 0.25) is 0 Å². The van der Waals surface area contributed by atoms with Crippen molar-refractivity contribution in [3.8, 4) is 0 Å². The van der Waals surface area contributed by atoms with Crippen molar-refractivity contribution in [2.24, 2.45) is 5.92 Å². The first-order valence-electron chi connectivity index (χ1n) is 10.1. The third kappa shape index (κ3) is 4.32. The lowest BCUT2D eigenvalue weighted by Gasteiger charge is -2.32. The van der Waals surface area contributed by atoms with Gasteiger partial charge >= 0.3 is 0 Å². The van der Waals surface area contributed by atoms with Crippen LogP contribution < -0.4 is 4.90 Å². The molecule has 0 atom stereocenters. The van der Waals surface area contributed by atoms with E-state index in [4.69, 9.17) is 4.74 Å². The molecule has 0 radical (unpaired) electrons. The van der Waals surface area contributed by atoms with Crippen molar-refractivity contribution in [2.45, 2.75) is 32.7 Å². The summed E-state index contributed by atoms with van der Waals surface area (Å²) in [7, 11) is 0. The van der Waals surface area contributed by atoms with Crippen molar-refractivity contribution in [1.29, 1.82) is 0 Å². The predicted molar refractivity (Wildman–Crippen MR) is 105 cm³/mol. The van der Waals surface area contributed by atoms with Gasteiger partial charge in [0.25, 0.3) is 5.91 Å². The number of hydrogen-bond acceptors (Lipinski definition) is 6. The fourth-order valence-electron chi connectivity index (χ4n) is 3.93. The number of aryl methyl sites for hydroxylation is 2. The maximum Gasteiger partial charge on any atom is 0.256 e. The maximum absolute atomic E-state index is 12.8. The molecule has 0 spiro atoms. The van der Waals surface area contributed by atoms with E-state index in [2.05, 4.69) is 24.4 Å². The van der Waals surface area contributed by atoms with Gasteiger partial charge in [0.15, 0.2) is 0 Å². The van der Waals surface area contributed by atoms with Gasteiger partial charge < -0.3 is 19.1 Å². The van der Waals surface area contributed by atoms with E-state index < -0.39 is 0 Å². The smallest absolute Gasteiger partial charge is 0.256 e. The van der Waals surface area contributed by atoms with E-state index in [1.54, 1.807) is 12.4 Å². The van der Waals surface area contributed by atoms with Gasteiger partial charge in [0.1, 0.15) is 5.82 Å². The average Bonchev–Trinajstić information content (AvgIpc) is 3.17. The first-order chi connectivity index (χ1) is 13.7. The van der Waals surface area contributed by atoms with Crippen molar-refractivity contribution < 1.29 is 9.53 Å². The number of amides is 1. The third-order valence-electron chi connectivity index (χ3n) is 5.78. The summed E-state index contributed by atoms with van der Waals surface area (Å²) in [6.07, 6.45) is 10.4. The SMILES string of the molecule is Cc1nccn1CCC1CCN(C(=O)c2cnc(N3CCOCC3)nc2)CC1. The number of piperidine rings is 1. The number of anilines is 1. The Bertz CT molecular complexity index is 776. The summed E-state index contributed by atoms with van der Waals surface area (Å²) in [5, 5.41) is 0. The molecule has 0 saturated carbocycles.